The van der Waals surface area contributed by atoms with E-state index in [1.54, 1.807) is 0 Å². The number of hydrogen-bond donors (Lipinski definition) is 3. The summed E-state index contributed by atoms with van der Waals surface area (Å²) in [6.45, 7) is 6.58. The zero-order chi connectivity index (χ0) is 15.1. The molecule has 0 aliphatic heterocycles. The molecular formula is C15H22N2O2S. The van der Waals surface area contributed by atoms with E-state index in [-0.39, 0.29) is 12.0 Å². The van der Waals surface area contributed by atoms with E-state index in [1.807, 2.05) is 45.0 Å². The zero-order valence-electron chi connectivity index (χ0n) is 12.1. The standard InChI is InChI=1S/C15H22N2O2S/c1-4-11(3)13(17-15(18)19)9-16-14(20)12-7-5-10(2)6-8-12/h5-8,11,13,17H,4,9H2,1-3H3,(H,16,20)(H,18,19). The minimum Gasteiger partial charge on any atom is -0.465 e. The second kappa shape index (κ2) is 7.85. The van der Waals surface area contributed by atoms with Crippen LogP contribution in [0.15, 0.2) is 24.3 Å². The van der Waals surface area contributed by atoms with Gasteiger partial charge < -0.3 is 15.7 Å². The van der Waals surface area contributed by atoms with Crippen LogP contribution in [0.25, 0.3) is 0 Å². The summed E-state index contributed by atoms with van der Waals surface area (Å²) in [4.78, 5) is 11.5. The molecule has 1 amide bonds. The fourth-order valence-electron chi connectivity index (χ4n) is 1.85. The van der Waals surface area contributed by atoms with Gasteiger partial charge in [0.15, 0.2) is 0 Å². The van der Waals surface area contributed by atoms with Crippen molar-refractivity contribution in [2.24, 2.45) is 5.92 Å². The lowest BCUT2D eigenvalue weighted by molar-refractivity contribution is 0.184. The third-order valence-electron chi connectivity index (χ3n) is 3.44. The molecular weight excluding hydrogens is 272 g/mol. The highest BCUT2D eigenvalue weighted by Crippen LogP contribution is 2.08. The van der Waals surface area contributed by atoms with E-state index in [4.69, 9.17) is 17.3 Å². The van der Waals surface area contributed by atoms with Crippen LogP contribution in [-0.2, 0) is 0 Å². The number of carboxylic acid groups (broad SMARTS) is 1. The summed E-state index contributed by atoms with van der Waals surface area (Å²) in [5.41, 5.74) is 2.13. The number of nitrogens with one attached hydrogen (secondary N) is 2. The van der Waals surface area contributed by atoms with Gasteiger partial charge in [0, 0.05) is 12.1 Å². The van der Waals surface area contributed by atoms with Gasteiger partial charge in [-0.05, 0) is 12.8 Å². The third-order valence-corrected chi connectivity index (χ3v) is 3.82. The van der Waals surface area contributed by atoms with E-state index < -0.39 is 6.09 Å². The molecule has 20 heavy (non-hydrogen) atoms. The lowest BCUT2D eigenvalue weighted by atomic mass is 9.99. The highest BCUT2D eigenvalue weighted by molar-refractivity contribution is 7.80. The van der Waals surface area contributed by atoms with Gasteiger partial charge in [-0.25, -0.2) is 4.79 Å². The van der Waals surface area contributed by atoms with Gasteiger partial charge in [0.25, 0.3) is 0 Å². The normalized spacial score (nSPS) is 13.3. The second-order valence-electron chi connectivity index (χ2n) is 5.02. The molecule has 0 heterocycles. The molecule has 0 saturated carbocycles. The Balaban J connectivity index is 2.60. The van der Waals surface area contributed by atoms with Crippen LogP contribution >= 0.6 is 12.2 Å². The van der Waals surface area contributed by atoms with E-state index in [9.17, 15) is 4.79 Å². The van der Waals surface area contributed by atoms with Crippen molar-refractivity contribution in [2.75, 3.05) is 6.54 Å². The van der Waals surface area contributed by atoms with Gasteiger partial charge in [-0.3, -0.25) is 0 Å². The van der Waals surface area contributed by atoms with Crippen LogP contribution in [0.5, 0.6) is 0 Å². The molecule has 1 aromatic carbocycles. The molecule has 4 nitrogen and oxygen atoms in total. The summed E-state index contributed by atoms with van der Waals surface area (Å²) in [7, 11) is 0. The van der Waals surface area contributed by atoms with Gasteiger partial charge in [-0.2, -0.15) is 0 Å². The van der Waals surface area contributed by atoms with Gasteiger partial charge in [-0.15, -0.1) is 0 Å². The molecule has 0 aliphatic carbocycles. The van der Waals surface area contributed by atoms with Crippen molar-refractivity contribution in [3.8, 4) is 0 Å². The number of carbonyl (C=O) groups is 1. The molecule has 0 radical (unpaired) electrons. The Morgan fingerprint density at radius 2 is 1.95 bits per heavy atom. The smallest absolute Gasteiger partial charge is 0.404 e. The molecule has 5 heteroatoms. The van der Waals surface area contributed by atoms with Crippen LogP contribution < -0.4 is 10.6 Å². The van der Waals surface area contributed by atoms with Crippen molar-refractivity contribution in [2.45, 2.75) is 33.2 Å². The first kappa shape index (κ1) is 16.4. The summed E-state index contributed by atoms with van der Waals surface area (Å²) in [5, 5.41) is 14.6. The van der Waals surface area contributed by atoms with Crippen LogP contribution in [0.3, 0.4) is 0 Å². The molecule has 1 aromatic rings. The first-order valence-electron chi connectivity index (χ1n) is 6.78. The lowest BCUT2D eigenvalue weighted by Crippen LogP contribution is -2.46. The number of amides is 1. The summed E-state index contributed by atoms with van der Waals surface area (Å²) in [5.74, 6) is 0.249. The number of thiocarbonyl (C=S) groups is 1. The van der Waals surface area contributed by atoms with Crippen molar-refractivity contribution in [3.63, 3.8) is 0 Å². The molecule has 1 rings (SSSR count). The first-order valence-corrected chi connectivity index (χ1v) is 7.19. The second-order valence-corrected chi connectivity index (χ2v) is 5.43. The van der Waals surface area contributed by atoms with Crippen LogP contribution in [0.2, 0.25) is 0 Å². The number of hydrogen-bond acceptors (Lipinski definition) is 2. The van der Waals surface area contributed by atoms with Gasteiger partial charge in [0.2, 0.25) is 0 Å². The van der Waals surface area contributed by atoms with E-state index in [0.29, 0.717) is 11.5 Å². The third kappa shape index (κ3) is 5.17. The number of rotatable bonds is 6. The largest absolute Gasteiger partial charge is 0.465 e. The molecule has 0 spiro atoms. The highest BCUT2D eigenvalue weighted by Gasteiger charge is 2.18. The highest BCUT2D eigenvalue weighted by atomic mass is 32.1. The van der Waals surface area contributed by atoms with E-state index in [2.05, 4.69) is 10.6 Å². The molecule has 2 unspecified atom stereocenters. The summed E-state index contributed by atoms with van der Waals surface area (Å²) < 4.78 is 0. The fourth-order valence-corrected chi connectivity index (χ4v) is 2.07. The summed E-state index contributed by atoms with van der Waals surface area (Å²) in [6, 6.07) is 7.79. The lowest BCUT2D eigenvalue weighted by Gasteiger charge is -2.23. The average molecular weight is 294 g/mol. The number of aryl methyl sites for hydroxylation is 1. The Morgan fingerprint density at radius 3 is 2.45 bits per heavy atom. The van der Waals surface area contributed by atoms with Crippen molar-refractivity contribution in [1.82, 2.24) is 10.6 Å². The average Bonchev–Trinajstić information content (AvgIpc) is 2.42. The predicted octanol–water partition coefficient (Wildman–Crippen LogP) is 2.94. The van der Waals surface area contributed by atoms with E-state index >= 15 is 0 Å². The molecule has 3 N–H and O–H groups in total. The monoisotopic (exact) mass is 294 g/mol. The van der Waals surface area contributed by atoms with Crippen LogP contribution in [0.1, 0.15) is 31.4 Å². The zero-order valence-corrected chi connectivity index (χ0v) is 13.0. The van der Waals surface area contributed by atoms with Crippen LogP contribution in [-0.4, -0.2) is 28.8 Å². The minimum absolute atomic E-state index is 0.152. The maximum absolute atomic E-state index is 10.8. The Hall–Kier alpha value is -1.62. The summed E-state index contributed by atoms with van der Waals surface area (Å²) >= 11 is 5.33. The Bertz CT molecular complexity index is 459. The van der Waals surface area contributed by atoms with Crippen LogP contribution in [0, 0.1) is 12.8 Å². The fraction of sp³-hybridized carbons (Fsp3) is 0.467. The van der Waals surface area contributed by atoms with Gasteiger partial charge >= 0.3 is 6.09 Å². The summed E-state index contributed by atoms with van der Waals surface area (Å²) in [6.07, 6.45) is -0.0949. The first-order chi connectivity index (χ1) is 9.43. The molecule has 0 fully saturated rings. The van der Waals surface area contributed by atoms with E-state index in [0.717, 1.165) is 12.0 Å². The van der Waals surface area contributed by atoms with Gasteiger partial charge in [0.05, 0.1) is 6.04 Å². The molecule has 0 aliphatic rings. The van der Waals surface area contributed by atoms with Crippen molar-refractivity contribution < 1.29 is 9.90 Å². The Labute approximate surface area is 125 Å². The van der Waals surface area contributed by atoms with Crippen molar-refractivity contribution in [1.29, 1.82) is 0 Å². The topological polar surface area (TPSA) is 61.4 Å². The SMILES string of the molecule is CCC(C)C(CNC(=S)c1ccc(C)cc1)NC(=O)O. The molecule has 0 bridgehead atoms. The van der Waals surface area contributed by atoms with Gasteiger partial charge in [0.1, 0.15) is 4.99 Å². The Kier molecular flexibility index (Phi) is 6.45. The van der Waals surface area contributed by atoms with Gasteiger partial charge in [-0.1, -0.05) is 62.3 Å². The Morgan fingerprint density at radius 1 is 1.35 bits per heavy atom. The molecule has 110 valence electrons. The van der Waals surface area contributed by atoms with Crippen molar-refractivity contribution >= 4 is 23.3 Å². The predicted molar refractivity (Wildman–Crippen MR) is 85.3 cm³/mol. The minimum atomic E-state index is -1.00. The maximum Gasteiger partial charge on any atom is 0.404 e. The molecule has 2 atom stereocenters. The quantitative estimate of drug-likeness (QED) is 0.706. The molecule has 0 aromatic heterocycles. The van der Waals surface area contributed by atoms with Crippen molar-refractivity contribution in [3.05, 3.63) is 35.4 Å². The van der Waals surface area contributed by atoms with Crippen LogP contribution in [0.4, 0.5) is 4.79 Å². The maximum atomic E-state index is 10.8. The molecule has 0 saturated heterocycles. The number of benzene rings is 1. The van der Waals surface area contributed by atoms with E-state index in [1.165, 1.54) is 5.56 Å².